The third kappa shape index (κ3) is 5.95. The summed E-state index contributed by atoms with van der Waals surface area (Å²) in [5, 5.41) is 9.87. The van der Waals surface area contributed by atoms with Gasteiger partial charge in [-0.25, -0.2) is 0 Å². The molecule has 158 valence electrons. The summed E-state index contributed by atoms with van der Waals surface area (Å²) in [6, 6.07) is 13.9. The number of piperazine rings is 1. The van der Waals surface area contributed by atoms with Crippen molar-refractivity contribution in [1.82, 2.24) is 4.90 Å². The lowest BCUT2D eigenvalue weighted by Gasteiger charge is -2.47. The highest BCUT2D eigenvalue weighted by Crippen LogP contribution is 2.39. The summed E-state index contributed by atoms with van der Waals surface area (Å²) in [6.07, 6.45) is 0. The van der Waals surface area contributed by atoms with Crippen molar-refractivity contribution in [1.29, 1.82) is 0 Å². The minimum atomic E-state index is -0.792. The highest BCUT2D eigenvalue weighted by Gasteiger charge is 2.35. The minimum absolute atomic E-state index is 0. The first-order valence-corrected chi connectivity index (χ1v) is 10.3. The van der Waals surface area contributed by atoms with E-state index in [4.69, 9.17) is 16.3 Å². The molecule has 2 aromatic carbocycles. The Balaban J connectivity index is 0.00000300. The van der Waals surface area contributed by atoms with Gasteiger partial charge in [0, 0.05) is 40.0 Å². The van der Waals surface area contributed by atoms with Gasteiger partial charge in [-0.15, -0.1) is 12.4 Å². The molecule has 2 aromatic rings. The monoisotopic (exact) mass is 456 g/mol. The van der Waals surface area contributed by atoms with Gasteiger partial charge in [-0.05, 0) is 56.3 Å². The Labute approximate surface area is 187 Å². The normalized spacial score (nSPS) is 16.2. The van der Waals surface area contributed by atoms with Gasteiger partial charge in [-0.2, -0.15) is 0 Å². The van der Waals surface area contributed by atoms with Crippen LogP contribution in [-0.4, -0.2) is 54.8 Å². The molecule has 1 heterocycles. The van der Waals surface area contributed by atoms with Gasteiger partial charge in [0.2, 0.25) is 0 Å². The molecule has 8 heteroatoms. The second-order valence-electron chi connectivity index (χ2n) is 7.44. The number of methoxy groups -OCH3 is 1. The van der Waals surface area contributed by atoms with Gasteiger partial charge in [-0.3, -0.25) is 9.69 Å². The van der Waals surface area contributed by atoms with Crippen molar-refractivity contribution in [3.8, 4) is 5.75 Å². The van der Waals surface area contributed by atoms with Gasteiger partial charge in [0.05, 0.1) is 19.3 Å². The second kappa shape index (κ2) is 9.94. The number of carboxylic acid groups (broad SMARTS) is 1. The fraction of sp³-hybridized carbons (Fsp3) is 0.381. The first-order valence-electron chi connectivity index (χ1n) is 9.12. The maximum Gasteiger partial charge on any atom is 0.317 e. The van der Waals surface area contributed by atoms with E-state index in [1.807, 2.05) is 47.4 Å². The molecule has 0 saturated carbocycles. The van der Waals surface area contributed by atoms with Crippen LogP contribution in [0, 0.1) is 0 Å². The zero-order valence-electron chi connectivity index (χ0n) is 16.7. The molecule has 1 fully saturated rings. The zero-order chi connectivity index (χ0) is 20.3. The number of aliphatic carboxylic acids is 1. The SMILES string of the molecule is COc1ccc(Sc2ccc(Cl)cc2N2CCN(CC(=O)O)C(C)(C)C2)cc1.Cl. The van der Waals surface area contributed by atoms with E-state index in [2.05, 4.69) is 18.7 Å². The number of benzene rings is 2. The van der Waals surface area contributed by atoms with Gasteiger partial charge in [0.15, 0.2) is 0 Å². The molecule has 0 aromatic heterocycles. The van der Waals surface area contributed by atoms with E-state index in [0.29, 0.717) is 11.6 Å². The fourth-order valence-electron chi connectivity index (χ4n) is 3.45. The number of anilines is 1. The quantitative estimate of drug-likeness (QED) is 0.666. The van der Waals surface area contributed by atoms with Gasteiger partial charge in [-0.1, -0.05) is 23.4 Å². The van der Waals surface area contributed by atoms with Crippen LogP contribution >= 0.6 is 35.8 Å². The lowest BCUT2D eigenvalue weighted by molar-refractivity contribution is -0.140. The highest BCUT2D eigenvalue weighted by molar-refractivity contribution is 7.99. The Morgan fingerprint density at radius 2 is 1.90 bits per heavy atom. The molecule has 0 radical (unpaired) electrons. The third-order valence-corrected chi connectivity index (χ3v) is 6.26. The van der Waals surface area contributed by atoms with Gasteiger partial charge < -0.3 is 14.7 Å². The number of carboxylic acids is 1. The van der Waals surface area contributed by atoms with Crippen LogP contribution in [0.2, 0.25) is 5.02 Å². The molecule has 5 nitrogen and oxygen atoms in total. The molecule has 1 saturated heterocycles. The molecule has 29 heavy (non-hydrogen) atoms. The summed E-state index contributed by atoms with van der Waals surface area (Å²) in [7, 11) is 1.66. The predicted molar refractivity (Wildman–Crippen MR) is 121 cm³/mol. The average molecular weight is 457 g/mol. The van der Waals surface area contributed by atoms with Crippen LogP contribution in [0.1, 0.15) is 13.8 Å². The average Bonchev–Trinajstić information content (AvgIpc) is 2.65. The number of nitrogens with zero attached hydrogens (tertiary/aromatic N) is 2. The van der Waals surface area contributed by atoms with Crippen molar-refractivity contribution in [2.45, 2.75) is 29.2 Å². The van der Waals surface area contributed by atoms with E-state index >= 15 is 0 Å². The standard InChI is InChI=1S/C21H25ClN2O3S.ClH/c1-21(2)14-23(10-11-24(21)13-20(25)26)18-12-15(22)4-9-19(18)28-17-7-5-16(27-3)6-8-17;/h4-9,12H,10-11,13-14H2,1-3H3,(H,25,26);1H. The third-order valence-electron chi connectivity index (χ3n) is 4.95. The Hall–Kier alpha value is -1.60. The molecule has 0 unspecified atom stereocenters. The number of ether oxygens (including phenoxy) is 1. The van der Waals surface area contributed by atoms with Crippen molar-refractivity contribution < 1.29 is 14.6 Å². The van der Waals surface area contributed by atoms with Gasteiger partial charge in [0.1, 0.15) is 5.75 Å². The number of hydrogen-bond donors (Lipinski definition) is 1. The molecular weight excluding hydrogens is 431 g/mol. The van der Waals surface area contributed by atoms with Crippen LogP contribution in [0.5, 0.6) is 5.75 Å². The van der Waals surface area contributed by atoms with Crippen molar-refractivity contribution in [3.63, 3.8) is 0 Å². The predicted octanol–water partition coefficient (Wildman–Crippen LogP) is 4.91. The molecule has 3 rings (SSSR count). The van der Waals surface area contributed by atoms with Crippen LogP contribution in [0.3, 0.4) is 0 Å². The number of hydrogen-bond acceptors (Lipinski definition) is 5. The summed E-state index contributed by atoms with van der Waals surface area (Å²) in [5.74, 6) is 0.0389. The largest absolute Gasteiger partial charge is 0.497 e. The van der Waals surface area contributed by atoms with Crippen LogP contribution in [0.15, 0.2) is 52.3 Å². The van der Waals surface area contributed by atoms with Crippen LogP contribution in [0.25, 0.3) is 0 Å². The van der Waals surface area contributed by atoms with E-state index in [1.54, 1.807) is 18.9 Å². The molecule has 1 N–H and O–H groups in total. The summed E-state index contributed by atoms with van der Waals surface area (Å²) < 4.78 is 5.23. The van der Waals surface area contributed by atoms with E-state index in [-0.39, 0.29) is 24.5 Å². The maximum absolute atomic E-state index is 11.2. The summed E-state index contributed by atoms with van der Waals surface area (Å²) in [4.78, 5) is 17.7. The molecule has 1 aliphatic rings. The Morgan fingerprint density at radius 3 is 2.48 bits per heavy atom. The van der Waals surface area contributed by atoms with Crippen molar-refractivity contribution in [2.24, 2.45) is 0 Å². The smallest absolute Gasteiger partial charge is 0.317 e. The first-order chi connectivity index (χ1) is 13.3. The Bertz CT molecular complexity index is 846. The van der Waals surface area contributed by atoms with Crippen LogP contribution in [0.4, 0.5) is 5.69 Å². The second-order valence-corrected chi connectivity index (χ2v) is 8.99. The van der Waals surface area contributed by atoms with E-state index in [0.717, 1.165) is 34.3 Å². The number of carbonyl (C=O) groups is 1. The molecule has 0 bridgehead atoms. The number of halogens is 2. The molecule has 0 aliphatic carbocycles. The molecule has 0 amide bonds. The zero-order valence-corrected chi connectivity index (χ0v) is 19.1. The van der Waals surface area contributed by atoms with E-state index in [9.17, 15) is 9.90 Å². The molecule has 1 aliphatic heterocycles. The highest BCUT2D eigenvalue weighted by atomic mass is 35.5. The van der Waals surface area contributed by atoms with Crippen molar-refractivity contribution in [3.05, 3.63) is 47.5 Å². The topological polar surface area (TPSA) is 53.0 Å². The van der Waals surface area contributed by atoms with Gasteiger partial charge in [0.25, 0.3) is 0 Å². The summed E-state index contributed by atoms with van der Waals surface area (Å²) >= 11 is 7.99. The summed E-state index contributed by atoms with van der Waals surface area (Å²) in [5.41, 5.74) is 0.831. The molecular formula is C21H26Cl2N2O3S. The lowest BCUT2D eigenvalue weighted by Crippen LogP contribution is -2.60. The fourth-order valence-corrected chi connectivity index (χ4v) is 4.57. The first kappa shape index (κ1) is 23.7. The molecule has 0 atom stereocenters. The van der Waals surface area contributed by atoms with E-state index in [1.165, 1.54) is 0 Å². The molecule has 0 spiro atoms. The van der Waals surface area contributed by atoms with Crippen LogP contribution in [-0.2, 0) is 4.79 Å². The maximum atomic E-state index is 11.2. The lowest BCUT2D eigenvalue weighted by atomic mass is 9.98. The summed E-state index contributed by atoms with van der Waals surface area (Å²) in [6.45, 7) is 6.41. The van der Waals surface area contributed by atoms with Gasteiger partial charge >= 0.3 is 5.97 Å². The van der Waals surface area contributed by atoms with E-state index < -0.39 is 5.97 Å². The van der Waals surface area contributed by atoms with Crippen molar-refractivity contribution >= 4 is 47.4 Å². The Morgan fingerprint density at radius 1 is 1.21 bits per heavy atom. The van der Waals surface area contributed by atoms with Crippen LogP contribution < -0.4 is 9.64 Å². The minimum Gasteiger partial charge on any atom is -0.497 e. The van der Waals surface area contributed by atoms with Crippen molar-refractivity contribution in [2.75, 3.05) is 38.2 Å². The Kier molecular flexibility index (Phi) is 8.11. The number of rotatable bonds is 6.